The van der Waals surface area contributed by atoms with E-state index in [9.17, 15) is 9.59 Å². The lowest BCUT2D eigenvalue weighted by atomic mass is 9.92. The average molecular weight is 327 g/mol. The van der Waals surface area contributed by atoms with E-state index in [0.717, 1.165) is 19.3 Å². The molecule has 1 aliphatic rings. The summed E-state index contributed by atoms with van der Waals surface area (Å²) >= 11 is 3.26. The Hall–Kier alpha value is -1.56. The van der Waals surface area contributed by atoms with Gasteiger partial charge in [0.2, 0.25) is 0 Å². The Kier molecular flexibility index (Phi) is 4.09. The van der Waals surface area contributed by atoms with E-state index in [-0.39, 0.29) is 17.6 Å². The molecular weight excluding hydrogens is 312 g/mol. The first-order valence-corrected chi connectivity index (χ1v) is 6.85. The van der Waals surface area contributed by atoms with Gasteiger partial charge in [-0.3, -0.25) is 0 Å². The first-order valence-electron chi connectivity index (χ1n) is 6.06. The van der Waals surface area contributed by atoms with Crippen molar-refractivity contribution in [2.24, 2.45) is 0 Å². The van der Waals surface area contributed by atoms with Crippen molar-refractivity contribution < 1.29 is 14.7 Å². The van der Waals surface area contributed by atoms with Crippen LogP contribution in [0.1, 0.15) is 29.6 Å². The van der Waals surface area contributed by atoms with Gasteiger partial charge in [0.15, 0.2) is 0 Å². The molecule has 0 aliphatic heterocycles. The molecule has 0 atom stereocenters. The highest BCUT2D eigenvalue weighted by Gasteiger charge is 2.26. The van der Waals surface area contributed by atoms with Gasteiger partial charge in [0.25, 0.3) is 0 Å². The van der Waals surface area contributed by atoms with Gasteiger partial charge in [0.05, 0.1) is 11.3 Å². The van der Waals surface area contributed by atoms with E-state index in [1.807, 2.05) is 0 Å². The number of urea groups is 1. The quantitative estimate of drug-likeness (QED) is 0.896. The van der Waals surface area contributed by atoms with Crippen molar-refractivity contribution in [3.63, 3.8) is 0 Å². The van der Waals surface area contributed by atoms with Crippen LogP contribution < -0.4 is 5.32 Å². The lowest BCUT2D eigenvalue weighted by Gasteiger charge is -2.34. The summed E-state index contributed by atoms with van der Waals surface area (Å²) < 4.78 is 0.558. The minimum atomic E-state index is -1.07. The third kappa shape index (κ3) is 2.89. The Bertz CT molecular complexity index is 515. The summed E-state index contributed by atoms with van der Waals surface area (Å²) in [5, 5.41) is 11.8. The van der Waals surface area contributed by atoms with Crippen LogP contribution in [-0.4, -0.2) is 35.1 Å². The van der Waals surface area contributed by atoms with Crippen molar-refractivity contribution in [2.75, 3.05) is 12.4 Å². The molecule has 0 spiro atoms. The van der Waals surface area contributed by atoms with E-state index in [0.29, 0.717) is 10.2 Å². The van der Waals surface area contributed by atoms with Crippen molar-refractivity contribution in [1.29, 1.82) is 0 Å². The fraction of sp³-hybridized carbons (Fsp3) is 0.385. The molecule has 102 valence electrons. The Morgan fingerprint density at radius 2 is 2.11 bits per heavy atom. The molecular formula is C13H15BrN2O3. The summed E-state index contributed by atoms with van der Waals surface area (Å²) in [5.74, 6) is -1.07. The molecule has 6 heteroatoms. The monoisotopic (exact) mass is 326 g/mol. The second kappa shape index (κ2) is 5.61. The van der Waals surface area contributed by atoms with E-state index < -0.39 is 5.97 Å². The summed E-state index contributed by atoms with van der Waals surface area (Å²) in [4.78, 5) is 24.8. The number of carboxylic acid groups (broad SMARTS) is 1. The summed E-state index contributed by atoms with van der Waals surface area (Å²) in [6.45, 7) is 0. The van der Waals surface area contributed by atoms with Crippen LogP contribution in [0.25, 0.3) is 0 Å². The third-order valence-corrected chi connectivity index (χ3v) is 4.08. The summed E-state index contributed by atoms with van der Waals surface area (Å²) in [5.41, 5.74) is 0.371. The van der Waals surface area contributed by atoms with Crippen molar-refractivity contribution in [1.82, 2.24) is 4.90 Å². The van der Waals surface area contributed by atoms with Crippen LogP contribution >= 0.6 is 15.9 Å². The minimum absolute atomic E-state index is 0.0738. The molecule has 5 nitrogen and oxygen atoms in total. The van der Waals surface area contributed by atoms with Crippen molar-refractivity contribution in [2.45, 2.75) is 25.3 Å². The Morgan fingerprint density at radius 1 is 1.42 bits per heavy atom. The number of amides is 2. The fourth-order valence-electron chi connectivity index (χ4n) is 1.96. The van der Waals surface area contributed by atoms with Gasteiger partial charge in [-0.25, -0.2) is 9.59 Å². The van der Waals surface area contributed by atoms with Gasteiger partial charge >= 0.3 is 12.0 Å². The number of nitrogens with one attached hydrogen (secondary N) is 1. The number of hydrogen-bond acceptors (Lipinski definition) is 2. The minimum Gasteiger partial charge on any atom is -0.478 e. The number of rotatable bonds is 3. The Balaban J connectivity index is 2.18. The number of carbonyl (C=O) groups excluding carboxylic acids is 1. The van der Waals surface area contributed by atoms with Gasteiger partial charge in [0, 0.05) is 17.6 Å². The predicted octanol–water partition coefficient (Wildman–Crippen LogP) is 3.16. The van der Waals surface area contributed by atoms with E-state index in [4.69, 9.17) is 5.11 Å². The zero-order valence-electron chi connectivity index (χ0n) is 10.5. The fourth-order valence-corrected chi connectivity index (χ4v) is 2.43. The average Bonchev–Trinajstić information content (AvgIpc) is 2.28. The number of para-hydroxylation sites is 1. The molecule has 1 saturated carbocycles. The Labute approximate surface area is 119 Å². The second-order valence-corrected chi connectivity index (χ2v) is 5.45. The second-order valence-electron chi connectivity index (χ2n) is 4.59. The number of halogens is 1. The molecule has 0 radical (unpaired) electrons. The molecule has 1 aromatic rings. The molecule has 0 saturated heterocycles. The molecule has 2 amide bonds. The van der Waals surface area contributed by atoms with E-state index in [1.165, 1.54) is 6.07 Å². The smallest absolute Gasteiger partial charge is 0.337 e. The van der Waals surface area contributed by atoms with Crippen LogP contribution in [0.2, 0.25) is 0 Å². The van der Waals surface area contributed by atoms with Gasteiger partial charge in [-0.1, -0.05) is 6.07 Å². The molecule has 2 rings (SSSR count). The van der Waals surface area contributed by atoms with Gasteiger partial charge in [-0.05, 0) is 47.3 Å². The van der Waals surface area contributed by atoms with E-state index in [2.05, 4.69) is 21.2 Å². The maximum absolute atomic E-state index is 12.1. The summed E-state index contributed by atoms with van der Waals surface area (Å²) in [6.07, 6.45) is 3.15. The zero-order chi connectivity index (χ0) is 14.0. The molecule has 0 heterocycles. The van der Waals surface area contributed by atoms with Crippen LogP contribution in [-0.2, 0) is 0 Å². The molecule has 1 fully saturated rings. The number of benzene rings is 1. The number of carboxylic acids is 1. The normalized spacial score (nSPS) is 14.6. The number of aromatic carboxylic acids is 1. The van der Waals surface area contributed by atoms with Crippen LogP contribution in [0.4, 0.5) is 10.5 Å². The van der Waals surface area contributed by atoms with Crippen LogP contribution in [0.5, 0.6) is 0 Å². The van der Waals surface area contributed by atoms with E-state index >= 15 is 0 Å². The molecule has 0 aromatic heterocycles. The lowest BCUT2D eigenvalue weighted by Crippen LogP contribution is -2.43. The molecule has 1 aromatic carbocycles. The Morgan fingerprint density at radius 3 is 2.63 bits per heavy atom. The maximum atomic E-state index is 12.1. The summed E-state index contributed by atoms with van der Waals surface area (Å²) in [6, 6.07) is 4.77. The van der Waals surface area contributed by atoms with Crippen LogP contribution in [0.3, 0.4) is 0 Å². The topological polar surface area (TPSA) is 69.6 Å². The van der Waals surface area contributed by atoms with Gasteiger partial charge < -0.3 is 15.3 Å². The zero-order valence-corrected chi connectivity index (χ0v) is 12.1. The first-order chi connectivity index (χ1) is 9.00. The number of hydrogen-bond donors (Lipinski definition) is 2. The summed E-state index contributed by atoms with van der Waals surface area (Å²) in [7, 11) is 1.73. The number of anilines is 1. The van der Waals surface area contributed by atoms with Gasteiger partial charge in [-0.2, -0.15) is 0 Å². The molecule has 0 bridgehead atoms. The molecule has 1 aliphatic carbocycles. The molecule has 2 N–H and O–H groups in total. The number of carbonyl (C=O) groups is 2. The third-order valence-electron chi connectivity index (χ3n) is 3.42. The SMILES string of the molecule is CN(C(=O)Nc1c(Br)cccc1C(=O)O)C1CCC1. The van der Waals surface area contributed by atoms with Crippen LogP contribution in [0, 0.1) is 0 Å². The van der Waals surface area contributed by atoms with Crippen molar-refractivity contribution >= 4 is 33.6 Å². The highest BCUT2D eigenvalue weighted by atomic mass is 79.9. The van der Waals surface area contributed by atoms with Crippen molar-refractivity contribution in [3.05, 3.63) is 28.2 Å². The standard InChI is InChI=1S/C13H15BrN2O3/c1-16(8-4-2-5-8)13(19)15-11-9(12(17)18)6-3-7-10(11)14/h3,6-8H,2,4-5H2,1H3,(H,15,19)(H,17,18). The molecule has 0 unspecified atom stereocenters. The van der Waals surface area contributed by atoms with Crippen LogP contribution in [0.15, 0.2) is 22.7 Å². The van der Waals surface area contributed by atoms with Gasteiger partial charge in [-0.15, -0.1) is 0 Å². The van der Waals surface area contributed by atoms with Crippen molar-refractivity contribution in [3.8, 4) is 0 Å². The maximum Gasteiger partial charge on any atom is 0.337 e. The largest absolute Gasteiger partial charge is 0.478 e. The lowest BCUT2D eigenvalue weighted by molar-refractivity contribution is 0.0698. The van der Waals surface area contributed by atoms with E-state index in [1.54, 1.807) is 24.1 Å². The predicted molar refractivity (Wildman–Crippen MR) is 75.5 cm³/mol. The first kappa shape index (κ1) is 13.9. The van der Waals surface area contributed by atoms with Gasteiger partial charge in [0.1, 0.15) is 0 Å². The number of nitrogens with zero attached hydrogens (tertiary/aromatic N) is 1. The molecule has 19 heavy (non-hydrogen) atoms. The highest BCUT2D eigenvalue weighted by Crippen LogP contribution is 2.28. The highest BCUT2D eigenvalue weighted by molar-refractivity contribution is 9.10.